The van der Waals surface area contributed by atoms with Gasteiger partial charge in [0.25, 0.3) is 0 Å². The molecule has 0 amide bonds. The molecule has 2 N–H and O–H groups in total. The van der Waals surface area contributed by atoms with E-state index in [0.717, 1.165) is 0 Å². The first-order valence-corrected chi connectivity index (χ1v) is 6.76. The summed E-state index contributed by atoms with van der Waals surface area (Å²) in [5, 5.41) is 2.92. The summed E-state index contributed by atoms with van der Waals surface area (Å²) in [6, 6.07) is 5.40. The van der Waals surface area contributed by atoms with Crippen molar-refractivity contribution in [2.45, 2.75) is 0 Å². The average Bonchev–Trinajstić information content (AvgIpc) is 2.18. The summed E-state index contributed by atoms with van der Waals surface area (Å²) in [6.07, 6.45) is 0. The van der Waals surface area contributed by atoms with Crippen LogP contribution in [-0.4, -0.2) is 32.7 Å². The number of anilines is 1. The molecule has 84 valence electrons. The summed E-state index contributed by atoms with van der Waals surface area (Å²) in [7, 11) is -1.76. The number of hydrogen-bond acceptors (Lipinski definition) is 4. The number of rotatable bonds is 5. The quantitative estimate of drug-likeness (QED) is 0.788. The van der Waals surface area contributed by atoms with Crippen LogP contribution in [0.15, 0.2) is 22.8 Å². The van der Waals surface area contributed by atoms with Crippen LogP contribution in [-0.2, 0) is 10.0 Å². The molecule has 0 fully saturated rings. The smallest absolute Gasteiger partial charge is 0.213 e. The SMILES string of the molecule is CNS(=O)(=O)CCNc1cccc(Br)n1. The molecular weight excluding hydrogens is 282 g/mol. The minimum absolute atomic E-state index is 0.0255. The lowest BCUT2D eigenvalue weighted by Crippen LogP contribution is -2.26. The fourth-order valence-electron chi connectivity index (χ4n) is 0.922. The van der Waals surface area contributed by atoms with Crippen molar-refractivity contribution in [2.24, 2.45) is 0 Å². The summed E-state index contributed by atoms with van der Waals surface area (Å²) in [5.41, 5.74) is 0. The molecule has 7 heteroatoms. The monoisotopic (exact) mass is 293 g/mol. The Morgan fingerprint density at radius 1 is 1.47 bits per heavy atom. The Morgan fingerprint density at radius 3 is 2.80 bits per heavy atom. The molecular formula is C8H12BrN3O2S. The zero-order valence-electron chi connectivity index (χ0n) is 8.20. The van der Waals surface area contributed by atoms with Crippen molar-refractivity contribution in [1.29, 1.82) is 0 Å². The van der Waals surface area contributed by atoms with Gasteiger partial charge >= 0.3 is 0 Å². The maximum Gasteiger partial charge on any atom is 0.213 e. The van der Waals surface area contributed by atoms with Crippen molar-refractivity contribution in [1.82, 2.24) is 9.71 Å². The lowest BCUT2D eigenvalue weighted by molar-refractivity contribution is 0.588. The number of pyridine rings is 1. The van der Waals surface area contributed by atoms with E-state index in [1.54, 1.807) is 12.1 Å². The van der Waals surface area contributed by atoms with Crippen LogP contribution in [0.3, 0.4) is 0 Å². The van der Waals surface area contributed by atoms with Gasteiger partial charge < -0.3 is 5.32 Å². The Kier molecular flexibility index (Phi) is 4.49. The van der Waals surface area contributed by atoms with Gasteiger partial charge in [0.1, 0.15) is 10.4 Å². The minimum atomic E-state index is -3.15. The molecule has 0 spiro atoms. The highest BCUT2D eigenvalue weighted by Crippen LogP contribution is 2.09. The normalized spacial score (nSPS) is 11.3. The van der Waals surface area contributed by atoms with Gasteiger partial charge in [0.15, 0.2) is 0 Å². The first-order valence-electron chi connectivity index (χ1n) is 4.31. The van der Waals surface area contributed by atoms with Crippen LogP contribution in [0.4, 0.5) is 5.82 Å². The molecule has 0 aromatic carbocycles. The summed E-state index contributed by atoms with van der Waals surface area (Å²) in [4.78, 5) is 4.11. The maximum atomic E-state index is 11.1. The van der Waals surface area contributed by atoms with Crippen molar-refractivity contribution >= 4 is 31.8 Å². The van der Waals surface area contributed by atoms with E-state index >= 15 is 0 Å². The first-order chi connectivity index (χ1) is 7.03. The van der Waals surface area contributed by atoms with Gasteiger partial charge in [-0.1, -0.05) is 6.07 Å². The van der Waals surface area contributed by atoms with Crippen molar-refractivity contribution in [2.75, 3.05) is 24.7 Å². The second-order valence-corrected chi connectivity index (χ2v) is 5.65. The van der Waals surface area contributed by atoms with Gasteiger partial charge in [-0.2, -0.15) is 0 Å². The van der Waals surface area contributed by atoms with Crippen molar-refractivity contribution in [3.05, 3.63) is 22.8 Å². The number of nitrogens with zero attached hydrogens (tertiary/aromatic N) is 1. The van der Waals surface area contributed by atoms with E-state index in [4.69, 9.17) is 0 Å². The van der Waals surface area contributed by atoms with Crippen LogP contribution in [0.2, 0.25) is 0 Å². The molecule has 1 rings (SSSR count). The van der Waals surface area contributed by atoms with Crippen molar-refractivity contribution in [3.8, 4) is 0 Å². The second-order valence-electron chi connectivity index (χ2n) is 2.80. The van der Waals surface area contributed by atoms with Crippen LogP contribution < -0.4 is 10.0 Å². The predicted molar refractivity (Wildman–Crippen MR) is 63.3 cm³/mol. The lowest BCUT2D eigenvalue weighted by atomic mass is 10.4. The van der Waals surface area contributed by atoms with E-state index in [0.29, 0.717) is 17.0 Å². The number of sulfonamides is 1. The third-order valence-electron chi connectivity index (χ3n) is 1.70. The fourth-order valence-corrected chi connectivity index (χ4v) is 1.84. The highest BCUT2D eigenvalue weighted by molar-refractivity contribution is 9.10. The van der Waals surface area contributed by atoms with Crippen LogP contribution in [0.1, 0.15) is 0 Å². The van der Waals surface area contributed by atoms with Crippen LogP contribution in [0, 0.1) is 0 Å². The lowest BCUT2D eigenvalue weighted by Gasteiger charge is -2.05. The Hall–Kier alpha value is -0.660. The highest BCUT2D eigenvalue weighted by atomic mass is 79.9. The Labute approximate surface area is 97.5 Å². The van der Waals surface area contributed by atoms with Gasteiger partial charge in [-0.05, 0) is 35.1 Å². The predicted octanol–water partition coefficient (Wildman–Crippen LogP) is 0.805. The Morgan fingerprint density at radius 2 is 2.20 bits per heavy atom. The van der Waals surface area contributed by atoms with Crippen molar-refractivity contribution < 1.29 is 8.42 Å². The fraction of sp³-hybridized carbons (Fsp3) is 0.375. The Balaban J connectivity index is 2.45. The van der Waals surface area contributed by atoms with Crippen LogP contribution in [0.25, 0.3) is 0 Å². The number of nitrogens with one attached hydrogen (secondary N) is 2. The number of hydrogen-bond donors (Lipinski definition) is 2. The van der Waals surface area contributed by atoms with Gasteiger partial charge in [-0.25, -0.2) is 18.1 Å². The largest absolute Gasteiger partial charge is 0.369 e. The molecule has 1 aromatic rings. The van der Waals surface area contributed by atoms with Crippen molar-refractivity contribution in [3.63, 3.8) is 0 Å². The van der Waals surface area contributed by atoms with Crippen LogP contribution in [0.5, 0.6) is 0 Å². The van der Waals surface area contributed by atoms with Gasteiger partial charge in [0.05, 0.1) is 5.75 Å². The van der Waals surface area contributed by atoms with E-state index in [1.165, 1.54) is 7.05 Å². The minimum Gasteiger partial charge on any atom is -0.369 e. The number of aromatic nitrogens is 1. The van der Waals surface area contributed by atoms with Gasteiger partial charge in [-0.3, -0.25) is 0 Å². The molecule has 0 bridgehead atoms. The molecule has 0 atom stereocenters. The third-order valence-corrected chi connectivity index (χ3v) is 3.51. The molecule has 1 aromatic heterocycles. The second kappa shape index (κ2) is 5.43. The number of halogens is 1. The maximum absolute atomic E-state index is 11.1. The van der Waals surface area contributed by atoms with Gasteiger partial charge in [0.2, 0.25) is 10.0 Å². The molecule has 0 saturated carbocycles. The zero-order valence-corrected chi connectivity index (χ0v) is 10.6. The van der Waals surface area contributed by atoms with Gasteiger partial charge in [-0.15, -0.1) is 0 Å². The standard InChI is InChI=1S/C8H12BrN3O2S/c1-10-15(13,14)6-5-11-8-4-2-3-7(9)12-8/h2-4,10H,5-6H2,1H3,(H,11,12). The van der Waals surface area contributed by atoms with E-state index in [2.05, 4.69) is 31.0 Å². The molecule has 5 nitrogen and oxygen atoms in total. The molecule has 0 aliphatic carbocycles. The average molecular weight is 294 g/mol. The molecule has 0 unspecified atom stereocenters. The molecule has 1 heterocycles. The molecule has 0 radical (unpaired) electrons. The summed E-state index contributed by atoms with van der Waals surface area (Å²) in [6.45, 7) is 0.326. The first kappa shape index (κ1) is 12.4. The third kappa shape index (κ3) is 4.59. The van der Waals surface area contributed by atoms with Crippen LogP contribution >= 0.6 is 15.9 Å². The molecule has 0 aliphatic rings. The van der Waals surface area contributed by atoms with E-state index < -0.39 is 10.0 Å². The summed E-state index contributed by atoms with van der Waals surface area (Å²) in [5.74, 6) is 0.674. The summed E-state index contributed by atoms with van der Waals surface area (Å²) < 4.78 is 25.1. The molecule has 0 saturated heterocycles. The molecule has 0 aliphatic heterocycles. The highest BCUT2D eigenvalue weighted by Gasteiger charge is 2.05. The summed E-state index contributed by atoms with van der Waals surface area (Å²) >= 11 is 3.23. The van der Waals surface area contributed by atoms with Gasteiger partial charge in [0, 0.05) is 6.54 Å². The Bertz CT molecular complexity index is 422. The van der Waals surface area contributed by atoms with E-state index in [-0.39, 0.29) is 5.75 Å². The van der Waals surface area contributed by atoms with E-state index in [9.17, 15) is 8.42 Å². The van der Waals surface area contributed by atoms with E-state index in [1.807, 2.05) is 6.07 Å². The molecule has 15 heavy (non-hydrogen) atoms. The zero-order chi connectivity index (χ0) is 11.3. The topological polar surface area (TPSA) is 71.1 Å².